The van der Waals surface area contributed by atoms with Gasteiger partial charge in [0, 0.05) is 0 Å². The van der Waals surface area contributed by atoms with Crippen molar-refractivity contribution in [2.24, 2.45) is 0 Å². The van der Waals surface area contributed by atoms with Crippen molar-refractivity contribution in [1.82, 2.24) is 0 Å². The molecule has 2 aromatic rings. The van der Waals surface area contributed by atoms with E-state index in [4.69, 9.17) is 9.47 Å². The van der Waals surface area contributed by atoms with Gasteiger partial charge in [0.1, 0.15) is 12.4 Å². The third kappa shape index (κ3) is 7.25. The first-order chi connectivity index (χ1) is 13.4. The normalized spacial score (nSPS) is 12.4. The average Bonchev–Trinajstić information content (AvgIpc) is 2.69. The number of unbranched alkanes of at least 4 members (excludes halogenated alkanes) is 3. The molecule has 0 heterocycles. The van der Waals surface area contributed by atoms with Crippen molar-refractivity contribution in [2.45, 2.75) is 57.9 Å². The molecule has 0 fully saturated rings. The summed E-state index contributed by atoms with van der Waals surface area (Å²) in [5.41, 5.74) is 1.05. The highest BCUT2D eigenvalue weighted by Gasteiger charge is 2.42. The van der Waals surface area contributed by atoms with Gasteiger partial charge >= 0.3 is 12.1 Å². The number of halogens is 3. The van der Waals surface area contributed by atoms with E-state index in [-0.39, 0.29) is 12.0 Å². The van der Waals surface area contributed by atoms with Crippen molar-refractivity contribution < 1.29 is 27.4 Å². The van der Waals surface area contributed by atoms with E-state index in [1.54, 1.807) is 12.1 Å². The second-order valence-corrected chi connectivity index (χ2v) is 6.58. The highest BCUT2D eigenvalue weighted by Crippen LogP contribution is 2.28. The van der Waals surface area contributed by atoms with E-state index in [1.165, 1.54) is 12.1 Å². The van der Waals surface area contributed by atoms with Crippen LogP contribution in [0, 0.1) is 0 Å². The van der Waals surface area contributed by atoms with Gasteiger partial charge in [-0.3, -0.25) is 0 Å². The number of alkyl halides is 3. The first-order valence-electron chi connectivity index (χ1n) is 9.44. The van der Waals surface area contributed by atoms with Gasteiger partial charge in [-0.1, -0.05) is 56.5 Å². The van der Waals surface area contributed by atoms with Crippen LogP contribution in [0.25, 0.3) is 0 Å². The minimum atomic E-state index is -4.57. The van der Waals surface area contributed by atoms with Crippen molar-refractivity contribution in [3.63, 3.8) is 0 Å². The first kappa shape index (κ1) is 21.8. The average molecular weight is 394 g/mol. The van der Waals surface area contributed by atoms with Gasteiger partial charge in [-0.2, -0.15) is 13.2 Å². The summed E-state index contributed by atoms with van der Waals surface area (Å²) in [5.74, 6) is -0.459. The van der Waals surface area contributed by atoms with E-state index in [1.807, 2.05) is 37.3 Å². The van der Waals surface area contributed by atoms with E-state index < -0.39 is 18.2 Å². The van der Waals surface area contributed by atoms with Crippen molar-refractivity contribution in [3.8, 4) is 5.75 Å². The van der Waals surface area contributed by atoms with Crippen molar-refractivity contribution in [3.05, 3.63) is 65.7 Å². The number of rotatable bonds is 10. The van der Waals surface area contributed by atoms with Gasteiger partial charge in [0.2, 0.25) is 0 Å². The lowest BCUT2D eigenvalue weighted by Gasteiger charge is -2.20. The van der Waals surface area contributed by atoms with Gasteiger partial charge in [-0.25, -0.2) is 4.79 Å². The molecule has 0 bridgehead atoms. The molecule has 0 aliphatic rings. The number of carbonyl (C=O) groups excluding carboxylic acids is 1. The van der Waals surface area contributed by atoms with Crippen LogP contribution in [0.3, 0.4) is 0 Å². The van der Waals surface area contributed by atoms with Gasteiger partial charge in [-0.15, -0.1) is 0 Å². The fourth-order valence-electron chi connectivity index (χ4n) is 2.67. The summed E-state index contributed by atoms with van der Waals surface area (Å²) in [5, 5.41) is 0. The van der Waals surface area contributed by atoms with E-state index in [0.717, 1.165) is 18.4 Å². The zero-order valence-corrected chi connectivity index (χ0v) is 15.9. The smallest absolute Gasteiger partial charge is 0.425 e. The summed E-state index contributed by atoms with van der Waals surface area (Å²) < 4.78 is 49.8. The molecule has 3 nitrogen and oxygen atoms in total. The molecule has 1 atom stereocenters. The zero-order chi connectivity index (χ0) is 20.4. The molecule has 1 unspecified atom stereocenters. The third-order valence-corrected chi connectivity index (χ3v) is 4.27. The standard InChI is InChI=1S/C22H25F3O3/c1-2-3-4-8-11-20(22(23,24)25)28-21(26)18-12-14-19(15-13-18)27-16-17-9-6-5-7-10-17/h5-7,9-10,12-15,20H,2-4,8,11,16H2,1H3. The molecule has 0 saturated carbocycles. The van der Waals surface area contributed by atoms with Crippen LogP contribution < -0.4 is 4.74 Å². The SMILES string of the molecule is CCCCCCC(OC(=O)c1ccc(OCc2ccccc2)cc1)C(F)(F)F. The molecular weight excluding hydrogens is 369 g/mol. The van der Waals surface area contributed by atoms with E-state index in [2.05, 4.69) is 0 Å². The van der Waals surface area contributed by atoms with Crippen LogP contribution in [-0.4, -0.2) is 18.2 Å². The molecule has 0 aromatic heterocycles. The second-order valence-electron chi connectivity index (χ2n) is 6.58. The summed E-state index contributed by atoms with van der Waals surface area (Å²) in [4.78, 5) is 12.1. The van der Waals surface area contributed by atoms with Crippen LogP contribution in [0.2, 0.25) is 0 Å². The Bertz CT molecular complexity index is 712. The quantitative estimate of drug-likeness (QED) is 0.349. The maximum Gasteiger partial charge on any atom is 0.425 e. The molecule has 2 rings (SSSR count). The molecule has 0 N–H and O–H groups in total. The van der Waals surface area contributed by atoms with Gasteiger partial charge < -0.3 is 9.47 Å². The minimum absolute atomic E-state index is 0.0647. The molecular formula is C22H25F3O3. The van der Waals surface area contributed by atoms with Crippen molar-refractivity contribution in [1.29, 1.82) is 0 Å². The van der Waals surface area contributed by atoms with Crippen LogP contribution >= 0.6 is 0 Å². The maximum absolute atomic E-state index is 13.1. The number of esters is 1. The Morgan fingerprint density at radius 3 is 2.25 bits per heavy atom. The minimum Gasteiger partial charge on any atom is -0.489 e. The summed E-state index contributed by atoms with van der Waals surface area (Å²) >= 11 is 0. The molecule has 6 heteroatoms. The summed E-state index contributed by atoms with van der Waals surface area (Å²) in [6.45, 7) is 2.34. The Morgan fingerprint density at radius 1 is 0.964 bits per heavy atom. The lowest BCUT2D eigenvalue weighted by molar-refractivity contribution is -0.206. The fourth-order valence-corrected chi connectivity index (χ4v) is 2.67. The Labute approximate surface area is 163 Å². The number of benzene rings is 2. The summed E-state index contributed by atoms with van der Waals surface area (Å²) in [7, 11) is 0. The van der Waals surface area contributed by atoms with Crippen LogP contribution in [0.15, 0.2) is 54.6 Å². The first-order valence-corrected chi connectivity index (χ1v) is 9.44. The molecule has 0 aliphatic heterocycles. The largest absolute Gasteiger partial charge is 0.489 e. The predicted octanol–water partition coefficient (Wildman–Crippen LogP) is 6.32. The van der Waals surface area contributed by atoms with E-state index in [0.29, 0.717) is 25.2 Å². The van der Waals surface area contributed by atoms with Gasteiger partial charge in [0.15, 0.2) is 6.10 Å². The monoisotopic (exact) mass is 394 g/mol. The number of hydrogen-bond donors (Lipinski definition) is 0. The molecule has 0 saturated heterocycles. The van der Waals surface area contributed by atoms with Crippen LogP contribution in [-0.2, 0) is 11.3 Å². The highest BCUT2D eigenvalue weighted by atomic mass is 19.4. The molecule has 152 valence electrons. The molecule has 28 heavy (non-hydrogen) atoms. The number of carbonyl (C=O) groups is 1. The van der Waals surface area contributed by atoms with Gasteiger partial charge in [0.05, 0.1) is 5.56 Å². The molecule has 0 spiro atoms. The Balaban J connectivity index is 1.90. The van der Waals surface area contributed by atoms with E-state index >= 15 is 0 Å². The van der Waals surface area contributed by atoms with Crippen LogP contribution in [0.5, 0.6) is 5.75 Å². The van der Waals surface area contributed by atoms with Gasteiger partial charge in [0.25, 0.3) is 0 Å². The highest BCUT2D eigenvalue weighted by molar-refractivity contribution is 5.89. The van der Waals surface area contributed by atoms with Crippen molar-refractivity contribution >= 4 is 5.97 Å². The maximum atomic E-state index is 13.1. The Morgan fingerprint density at radius 2 is 1.64 bits per heavy atom. The molecule has 0 aliphatic carbocycles. The number of hydrogen-bond acceptors (Lipinski definition) is 3. The topological polar surface area (TPSA) is 35.5 Å². The third-order valence-electron chi connectivity index (χ3n) is 4.27. The molecule has 0 amide bonds. The van der Waals surface area contributed by atoms with Crippen LogP contribution in [0.4, 0.5) is 13.2 Å². The Hall–Kier alpha value is -2.50. The van der Waals surface area contributed by atoms with Crippen molar-refractivity contribution in [2.75, 3.05) is 0 Å². The fraction of sp³-hybridized carbons (Fsp3) is 0.409. The summed E-state index contributed by atoms with van der Waals surface area (Å²) in [6.07, 6.45) is -4.01. The lowest BCUT2D eigenvalue weighted by atomic mass is 10.1. The Kier molecular flexibility index (Phi) is 8.36. The zero-order valence-electron chi connectivity index (χ0n) is 15.9. The van der Waals surface area contributed by atoms with E-state index in [9.17, 15) is 18.0 Å². The van der Waals surface area contributed by atoms with Gasteiger partial charge in [-0.05, 0) is 42.7 Å². The summed E-state index contributed by atoms with van der Waals surface area (Å²) in [6, 6.07) is 15.5. The predicted molar refractivity (Wildman–Crippen MR) is 101 cm³/mol. The lowest BCUT2D eigenvalue weighted by Crippen LogP contribution is -2.33. The van der Waals surface area contributed by atoms with Crippen LogP contribution in [0.1, 0.15) is 54.9 Å². The number of ether oxygens (including phenoxy) is 2. The second kappa shape index (κ2) is 10.7. The molecule has 0 radical (unpaired) electrons. The molecule has 2 aromatic carbocycles.